The second-order valence-electron chi connectivity index (χ2n) is 12.7. The molecule has 0 unspecified atom stereocenters. The van der Waals surface area contributed by atoms with Crippen molar-refractivity contribution < 1.29 is 22.4 Å². The smallest absolute Gasteiger partial charge is 0.411 e. The van der Waals surface area contributed by atoms with Gasteiger partial charge in [-0.25, -0.2) is 15.0 Å². The third-order valence-corrected chi connectivity index (χ3v) is 12.7. The van der Waals surface area contributed by atoms with Gasteiger partial charge in [-0.1, -0.05) is 26.8 Å². The number of halogens is 3. The number of hydrogen-bond acceptors (Lipinski definition) is 7. The van der Waals surface area contributed by atoms with Crippen LogP contribution in [0, 0.1) is 6.92 Å². The highest BCUT2D eigenvalue weighted by atomic mass is 28.4. The van der Waals surface area contributed by atoms with Crippen LogP contribution in [0.3, 0.4) is 0 Å². The zero-order valence-corrected chi connectivity index (χ0v) is 28.0. The zero-order chi connectivity index (χ0) is 34.0. The molecule has 5 aromatic rings. The molecule has 47 heavy (non-hydrogen) atoms. The molecule has 13 heteroatoms. The molecule has 244 valence electrons. The first-order chi connectivity index (χ1) is 22.1. The first kappa shape index (κ1) is 33.5. The Kier molecular flexibility index (Phi) is 9.32. The maximum atomic E-state index is 14.0. The van der Waals surface area contributed by atoms with Crippen LogP contribution in [0.25, 0.3) is 16.9 Å². The van der Waals surface area contributed by atoms with Crippen molar-refractivity contribution in [2.75, 3.05) is 10.6 Å². The predicted octanol–water partition coefficient (Wildman–Crippen LogP) is 8.57. The summed E-state index contributed by atoms with van der Waals surface area (Å²) in [5.41, 5.74) is 2.94. The number of imidazole rings is 1. The molecular weight excluding hydrogens is 624 g/mol. The van der Waals surface area contributed by atoms with Gasteiger partial charge in [0.15, 0.2) is 8.32 Å². The molecule has 0 spiro atoms. The number of aromatic nitrogens is 5. The van der Waals surface area contributed by atoms with Crippen molar-refractivity contribution in [3.05, 3.63) is 108 Å². The van der Waals surface area contributed by atoms with Gasteiger partial charge in [-0.2, -0.15) is 13.2 Å². The highest BCUT2D eigenvalue weighted by Gasteiger charge is 2.37. The van der Waals surface area contributed by atoms with Crippen molar-refractivity contribution in [1.29, 1.82) is 0 Å². The molecule has 3 aromatic heterocycles. The van der Waals surface area contributed by atoms with Gasteiger partial charge in [0.2, 0.25) is 5.95 Å². The molecule has 2 N–H and O–H groups in total. The van der Waals surface area contributed by atoms with Gasteiger partial charge in [0, 0.05) is 53.0 Å². The van der Waals surface area contributed by atoms with Crippen LogP contribution in [0.15, 0.2) is 85.7 Å². The molecule has 0 radical (unpaired) electrons. The summed E-state index contributed by atoms with van der Waals surface area (Å²) in [5.74, 6) is -0.276. The third kappa shape index (κ3) is 8.10. The van der Waals surface area contributed by atoms with E-state index in [0.717, 1.165) is 23.3 Å². The van der Waals surface area contributed by atoms with Gasteiger partial charge in [0.1, 0.15) is 0 Å². The Morgan fingerprint density at radius 2 is 1.79 bits per heavy atom. The SMILES string of the molecule is Cc1ccc(C(=O)Nc2cc(-n3cnc(CO[Si](C)(C)C(C)(C)C)c3)cc(C(F)(F)F)c2)cc1Nc1nccc(-c2cccnc2)n1. The number of hydrogen-bond donors (Lipinski definition) is 2. The van der Waals surface area contributed by atoms with Gasteiger partial charge < -0.3 is 19.6 Å². The van der Waals surface area contributed by atoms with E-state index in [9.17, 15) is 18.0 Å². The van der Waals surface area contributed by atoms with E-state index in [4.69, 9.17) is 4.43 Å². The summed E-state index contributed by atoms with van der Waals surface area (Å²) in [6.45, 7) is 12.7. The molecule has 1 amide bonds. The Morgan fingerprint density at radius 3 is 2.49 bits per heavy atom. The van der Waals surface area contributed by atoms with Crippen molar-refractivity contribution in [1.82, 2.24) is 24.5 Å². The van der Waals surface area contributed by atoms with E-state index in [1.54, 1.807) is 49.1 Å². The summed E-state index contributed by atoms with van der Waals surface area (Å²) >= 11 is 0. The fourth-order valence-electron chi connectivity index (χ4n) is 4.36. The van der Waals surface area contributed by atoms with Crippen molar-refractivity contribution in [3.8, 4) is 16.9 Å². The van der Waals surface area contributed by atoms with Crippen LogP contribution in [0.1, 0.15) is 48.0 Å². The molecule has 0 saturated heterocycles. The lowest BCUT2D eigenvalue weighted by molar-refractivity contribution is -0.137. The minimum Gasteiger partial charge on any atom is -0.411 e. The molecule has 0 aliphatic heterocycles. The predicted molar refractivity (Wildman–Crippen MR) is 178 cm³/mol. The number of pyridine rings is 1. The number of aryl methyl sites for hydroxylation is 1. The van der Waals surface area contributed by atoms with Gasteiger partial charge >= 0.3 is 6.18 Å². The van der Waals surface area contributed by atoms with E-state index in [2.05, 4.69) is 64.4 Å². The molecule has 0 saturated carbocycles. The van der Waals surface area contributed by atoms with E-state index in [-0.39, 0.29) is 28.6 Å². The van der Waals surface area contributed by atoms with Crippen LogP contribution < -0.4 is 10.6 Å². The molecule has 0 atom stereocenters. The molecule has 3 heterocycles. The first-order valence-corrected chi connectivity index (χ1v) is 17.8. The Morgan fingerprint density at radius 1 is 1.00 bits per heavy atom. The lowest BCUT2D eigenvalue weighted by Gasteiger charge is -2.35. The van der Waals surface area contributed by atoms with Gasteiger partial charge in [-0.15, -0.1) is 0 Å². The highest BCUT2D eigenvalue weighted by Crippen LogP contribution is 2.37. The number of nitrogens with one attached hydrogen (secondary N) is 2. The zero-order valence-electron chi connectivity index (χ0n) is 27.0. The van der Waals surface area contributed by atoms with Crippen molar-refractivity contribution in [2.24, 2.45) is 0 Å². The maximum absolute atomic E-state index is 14.0. The quantitative estimate of drug-likeness (QED) is 0.153. The molecule has 0 aliphatic rings. The minimum atomic E-state index is -4.64. The van der Waals surface area contributed by atoms with E-state index in [1.807, 2.05) is 19.1 Å². The Hall–Kier alpha value is -4.88. The molecule has 0 aliphatic carbocycles. The van der Waals surface area contributed by atoms with Gasteiger partial charge in [0.25, 0.3) is 5.91 Å². The second-order valence-corrected chi connectivity index (χ2v) is 17.5. The number of amides is 1. The number of carbonyl (C=O) groups is 1. The van der Waals surface area contributed by atoms with Crippen LogP contribution >= 0.6 is 0 Å². The average Bonchev–Trinajstić information content (AvgIpc) is 3.50. The van der Waals surface area contributed by atoms with Crippen molar-refractivity contribution >= 4 is 31.5 Å². The summed E-state index contributed by atoms with van der Waals surface area (Å²) in [4.78, 5) is 30.7. The Bertz CT molecular complexity index is 1890. The Labute approximate surface area is 272 Å². The number of carbonyl (C=O) groups excluding carboxylic acids is 1. The van der Waals surface area contributed by atoms with Crippen LogP contribution in [-0.2, 0) is 17.2 Å². The lowest BCUT2D eigenvalue weighted by atomic mass is 10.1. The topological polar surface area (TPSA) is 107 Å². The van der Waals surface area contributed by atoms with Gasteiger partial charge in [0.05, 0.1) is 29.9 Å². The molecule has 5 rings (SSSR count). The normalized spacial score (nSPS) is 12.2. The van der Waals surface area contributed by atoms with E-state index < -0.39 is 26.0 Å². The summed E-state index contributed by atoms with van der Waals surface area (Å²) < 4.78 is 49.6. The summed E-state index contributed by atoms with van der Waals surface area (Å²) in [5, 5.41) is 5.77. The van der Waals surface area contributed by atoms with E-state index in [1.165, 1.54) is 17.0 Å². The van der Waals surface area contributed by atoms with Crippen LogP contribution in [0.2, 0.25) is 18.1 Å². The summed E-state index contributed by atoms with van der Waals surface area (Å²) in [6, 6.07) is 13.8. The van der Waals surface area contributed by atoms with E-state index in [0.29, 0.717) is 23.0 Å². The first-order valence-electron chi connectivity index (χ1n) is 14.9. The standard InChI is InChI=1S/C34H36F3N7O2Si/c1-22-9-10-23(14-30(22)43-32-39-13-11-29(42-32)24-8-7-12-38-18-24)31(45)41-26-15-25(34(35,36)37)16-28(17-26)44-19-27(40-21-44)20-46-47(5,6)33(2,3)4/h7-19,21H,20H2,1-6H3,(H,41,45)(H,39,42,43). The van der Waals surface area contributed by atoms with Gasteiger partial charge in [-0.3, -0.25) is 9.78 Å². The third-order valence-electron chi connectivity index (χ3n) is 8.18. The fraction of sp³-hybridized carbons (Fsp3) is 0.265. The van der Waals surface area contributed by atoms with Gasteiger partial charge in [-0.05, 0) is 79.2 Å². The minimum absolute atomic E-state index is 0.00285. The lowest BCUT2D eigenvalue weighted by Crippen LogP contribution is -2.40. The van der Waals surface area contributed by atoms with Crippen LogP contribution in [0.5, 0.6) is 0 Å². The number of benzene rings is 2. The molecule has 0 fully saturated rings. The molecule has 9 nitrogen and oxygen atoms in total. The molecule has 2 aromatic carbocycles. The number of anilines is 3. The number of alkyl halides is 3. The Balaban J connectivity index is 1.37. The largest absolute Gasteiger partial charge is 0.416 e. The van der Waals surface area contributed by atoms with Crippen molar-refractivity contribution in [3.63, 3.8) is 0 Å². The number of nitrogens with zero attached hydrogens (tertiary/aromatic N) is 5. The highest BCUT2D eigenvalue weighted by molar-refractivity contribution is 6.74. The average molecular weight is 660 g/mol. The maximum Gasteiger partial charge on any atom is 0.416 e. The second kappa shape index (κ2) is 13.1. The van der Waals surface area contributed by atoms with Crippen molar-refractivity contribution in [2.45, 2.75) is 58.6 Å². The summed E-state index contributed by atoms with van der Waals surface area (Å²) in [7, 11) is -2.06. The van der Waals surface area contributed by atoms with Crippen LogP contribution in [-0.4, -0.2) is 38.7 Å². The fourth-order valence-corrected chi connectivity index (χ4v) is 5.30. The number of rotatable bonds is 9. The molecule has 0 bridgehead atoms. The summed E-state index contributed by atoms with van der Waals surface area (Å²) in [6.07, 6.45) is 3.41. The molecular formula is C34H36F3N7O2Si. The van der Waals surface area contributed by atoms with E-state index >= 15 is 0 Å². The van der Waals surface area contributed by atoms with Crippen LogP contribution in [0.4, 0.5) is 30.5 Å². The monoisotopic (exact) mass is 659 g/mol.